The summed E-state index contributed by atoms with van der Waals surface area (Å²) in [6.45, 7) is 1.98. The molecule has 0 aromatic heterocycles. The number of amides is 1. The van der Waals surface area contributed by atoms with Gasteiger partial charge in [-0.1, -0.05) is 12.1 Å². The second-order valence-electron chi connectivity index (χ2n) is 5.10. The fourth-order valence-electron chi connectivity index (χ4n) is 2.54. The van der Waals surface area contributed by atoms with E-state index in [-0.39, 0.29) is 5.91 Å². The van der Waals surface area contributed by atoms with Gasteiger partial charge in [0.2, 0.25) is 5.91 Å². The highest BCUT2D eigenvalue weighted by Crippen LogP contribution is 2.22. The molecule has 1 saturated heterocycles. The van der Waals surface area contributed by atoms with E-state index in [1.54, 1.807) is 6.07 Å². The van der Waals surface area contributed by atoms with Gasteiger partial charge in [0.15, 0.2) is 11.6 Å². The highest BCUT2D eigenvalue weighted by atomic mass is 19.2. The molecule has 104 valence electrons. The maximum atomic E-state index is 13.5. The van der Waals surface area contributed by atoms with Crippen LogP contribution in [0.2, 0.25) is 0 Å². The Morgan fingerprint density at radius 2 is 2.00 bits per heavy atom. The lowest BCUT2D eigenvalue weighted by atomic mass is 9.93. The van der Waals surface area contributed by atoms with Gasteiger partial charge in [0, 0.05) is 18.5 Å². The Morgan fingerprint density at radius 1 is 1.32 bits per heavy atom. The van der Waals surface area contributed by atoms with Crippen molar-refractivity contribution in [3.05, 3.63) is 35.4 Å². The van der Waals surface area contributed by atoms with Crippen LogP contribution in [0, 0.1) is 17.6 Å². The number of nitrogens with zero attached hydrogens (tertiary/aromatic N) is 1. The Hall–Kier alpha value is -1.49. The first-order valence-electron chi connectivity index (χ1n) is 6.50. The second kappa shape index (κ2) is 6.10. The number of rotatable bonds is 4. The van der Waals surface area contributed by atoms with Gasteiger partial charge in [-0.2, -0.15) is 0 Å². The molecule has 1 aromatic rings. The molecule has 1 aliphatic rings. The molecule has 5 heteroatoms. The molecule has 1 aromatic carbocycles. The van der Waals surface area contributed by atoms with Gasteiger partial charge in [-0.15, -0.1) is 0 Å². The van der Waals surface area contributed by atoms with E-state index in [0.717, 1.165) is 32.0 Å². The van der Waals surface area contributed by atoms with Gasteiger partial charge in [-0.3, -0.25) is 9.69 Å². The van der Waals surface area contributed by atoms with Crippen molar-refractivity contribution in [2.45, 2.75) is 25.8 Å². The third kappa shape index (κ3) is 3.73. The van der Waals surface area contributed by atoms with Crippen LogP contribution in [0.25, 0.3) is 0 Å². The van der Waals surface area contributed by atoms with Crippen molar-refractivity contribution in [1.29, 1.82) is 0 Å². The van der Waals surface area contributed by atoms with Crippen molar-refractivity contribution < 1.29 is 13.6 Å². The first-order valence-corrected chi connectivity index (χ1v) is 6.50. The molecule has 1 heterocycles. The van der Waals surface area contributed by atoms with E-state index in [1.807, 2.05) is 0 Å². The SMILES string of the molecule is NC(=O)CC1CCN(Cc2cccc(F)c2F)CC1. The molecule has 0 atom stereocenters. The summed E-state index contributed by atoms with van der Waals surface area (Å²) in [5.74, 6) is -1.51. The van der Waals surface area contributed by atoms with Crippen molar-refractivity contribution in [3.8, 4) is 0 Å². The second-order valence-corrected chi connectivity index (χ2v) is 5.10. The van der Waals surface area contributed by atoms with Crippen LogP contribution >= 0.6 is 0 Å². The van der Waals surface area contributed by atoms with E-state index < -0.39 is 11.6 Å². The van der Waals surface area contributed by atoms with Crippen molar-refractivity contribution >= 4 is 5.91 Å². The van der Waals surface area contributed by atoms with Crippen LogP contribution in [-0.2, 0) is 11.3 Å². The molecule has 0 unspecified atom stereocenters. The van der Waals surface area contributed by atoms with Crippen LogP contribution in [-0.4, -0.2) is 23.9 Å². The fourth-order valence-corrected chi connectivity index (χ4v) is 2.54. The molecule has 1 fully saturated rings. The predicted molar refractivity (Wildman–Crippen MR) is 68.2 cm³/mol. The number of likely N-dealkylation sites (tertiary alicyclic amines) is 1. The molecule has 2 N–H and O–H groups in total. The maximum absolute atomic E-state index is 13.5. The van der Waals surface area contributed by atoms with E-state index in [0.29, 0.717) is 24.4 Å². The monoisotopic (exact) mass is 268 g/mol. The Kier molecular flexibility index (Phi) is 4.47. The van der Waals surface area contributed by atoms with E-state index in [1.165, 1.54) is 6.07 Å². The quantitative estimate of drug-likeness (QED) is 0.908. The van der Waals surface area contributed by atoms with Crippen LogP contribution in [0.3, 0.4) is 0 Å². The molecule has 1 aliphatic heterocycles. The number of carbonyl (C=O) groups excluding carboxylic acids is 1. The average Bonchev–Trinajstić information content (AvgIpc) is 2.37. The molecule has 0 aliphatic carbocycles. The molecule has 19 heavy (non-hydrogen) atoms. The maximum Gasteiger partial charge on any atom is 0.217 e. The van der Waals surface area contributed by atoms with Gasteiger partial charge in [-0.25, -0.2) is 8.78 Å². The highest BCUT2D eigenvalue weighted by molar-refractivity contribution is 5.73. The largest absolute Gasteiger partial charge is 0.370 e. The summed E-state index contributed by atoms with van der Waals surface area (Å²) in [5, 5.41) is 0. The third-order valence-electron chi connectivity index (χ3n) is 3.62. The summed E-state index contributed by atoms with van der Waals surface area (Å²) in [7, 11) is 0. The van der Waals surface area contributed by atoms with Gasteiger partial charge >= 0.3 is 0 Å². The summed E-state index contributed by atoms with van der Waals surface area (Å²) in [6.07, 6.45) is 2.17. The van der Waals surface area contributed by atoms with E-state index in [2.05, 4.69) is 4.90 Å². The van der Waals surface area contributed by atoms with Crippen LogP contribution in [0.4, 0.5) is 8.78 Å². The fraction of sp³-hybridized carbons (Fsp3) is 0.500. The van der Waals surface area contributed by atoms with Gasteiger partial charge in [-0.05, 0) is 37.9 Å². The average molecular weight is 268 g/mol. The topological polar surface area (TPSA) is 46.3 Å². The van der Waals surface area contributed by atoms with Crippen LogP contribution < -0.4 is 5.73 Å². The first-order chi connectivity index (χ1) is 9.06. The van der Waals surface area contributed by atoms with E-state index in [4.69, 9.17) is 5.73 Å². The standard InChI is InChI=1S/C14H18F2N2O/c15-12-3-1-2-11(14(12)16)9-18-6-4-10(5-7-18)8-13(17)19/h1-3,10H,4-9H2,(H2,17,19). The zero-order valence-corrected chi connectivity index (χ0v) is 10.7. The van der Waals surface area contributed by atoms with E-state index in [9.17, 15) is 13.6 Å². The van der Waals surface area contributed by atoms with Crippen LogP contribution in [0.5, 0.6) is 0 Å². The Morgan fingerprint density at radius 3 is 2.63 bits per heavy atom. The number of piperidine rings is 1. The number of halogens is 2. The number of benzene rings is 1. The summed E-state index contributed by atoms with van der Waals surface area (Å²) in [4.78, 5) is 12.9. The molecule has 0 spiro atoms. The Balaban J connectivity index is 1.89. The van der Waals surface area contributed by atoms with Crippen LogP contribution in [0.1, 0.15) is 24.8 Å². The summed E-state index contributed by atoms with van der Waals surface area (Å²) < 4.78 is 26.6. The van der Waals surface area contributed by atoms with Gasteiger partial charge in [0.1, 0.15) is 0 Å². The van der Waals surface area contributed by atoms with Gasteiger partial charge in [0.05, 0.1) is 0 Å². The molecule has 2 rings (SSSR count). The third-order valence-corrected chi connectivity index (χ3v) is 3.62. The lowest BCUT2D eigenvalue weighted by Crippen LogP contribution is -2.34. The predicted octanol–water partition coefficient (Wildman–Crippen LogP) is 2.05. The van der Waals surface area contributed by atoms with E-state index >= 15 is 0 Å². The highest BCUT2D eigenvalue weighted by Gasteiger charge is 2.21. The molecular formula is C14H18F2N2O. The van der Waals surface area contributed by atoms with Crippen molar-refractivity contribution in [3.63, 3.8) is 0 Å². The minimum atomic E-state index is -0.805. The van der Waals surface area contributed by atoms with Crippen molar-refractivity contribution in [1.82, 2.24) is 4.90 Å². The lowest BCUT2D eigenvalue weighted by Gasteiger charge is -2.31. The zero-order valence-electron chi connectivity index (χ0n) is 10.7. The zero-order chi connectivity index (χ0) is 13.8. The number of primary amides is 1. The first kappa shape index (κ1) is 13.9. The number of hydrogen-bond donors (Lipinski definition) is 1. The van der Waals surface area contributed by atoms with Crippen LogP contribution in [0.15, 0.2) is 18.2 Å². The number of nitrogens with two attached hydrogens (primary N) is 1. The number of hydrogen-bond acceptors (Lipinski definition) is 2. The molecule has 3 nitrogen and oxygen atoms in total. The van der Waals surface area contributed by atoms with Gasteiger partial charge in [0.25, 0.3) is 0 Å². The number of carbonyl (C=O) groups is 1. The molecule has 0 saturated carbocycles. The minimum absolute atomic E-state index is 0.269. The minimum Gasteiger partial charge on any atom is -0.370 e. The summed E-state index contributed by atoms with van der Waals surface area (Å²) in [6, 6.07) is 4.25. The normalized spacial score (nSPS) is 17.6. The molecule has 0 radical (unpaired) electrons. The van der Waals surface area contributed by atoms with Gasteiger partial charge < -0.3 is 5.73 Å². The smallest absolute Gasteiger partial charge is 0.217 e. The molecular weight excluding hydrogens is 250 g/mol. The Labute approximate surface area is 111 Å². The summed E-state index contributed by atoms with van der Waals surface area (Å²) >= 11 is 0. The summed E-state index contributed by atoms with van der Waals surface area (Å²) in [5.41, 5.74) is 5.56. The van der Waals surface area contributed by atoms with Crippen molar-refractivity contribution in [2.24, 2.45) is 11.7 Å². The lowest BCUT2D eigenvalue weighted by molar-refractivity contribution is -0.119. The Bertz CT molecular complexity index is 457. The molecule has 1 amide bonds. The molecule has 0 bridgehead atoms. The van der Waals surface area contributed by atoms with Crippen molar-refractivity contribution in [2.75, 3.05) is 13.1 Å².